The van der Waals surface area contributed by atoms with Crippen LogP contribution in [0.15, 0.2) is 4.42 Å². The van der Waals surface area contributed by atoms with E-state index in [4.69, 9.17) is 10.2 Å². The summed E-state index contributed by atoms with van der Waals surface area (Å²) in [6.07, 6.45) is 2.45. The van der Waals surface area contributed by atoms with Gasteiger partial charge in [-0.3, -0.25) is 4.79 Å². The summed E-state index contributed by atoms with van der Waals surface area (Å²) in [6, 6.07) is 0.879. The molecular formula is C10H15N5O2. The maximum Gasteiger partial charge on any atom is 0.319 e. The van der Waals surface area contributed by atoms with Crippen molar-refractivity contribution < 1.29 is 9.21 Å². The Bertz CT molecular complexity index is 432. The van der Waals surface area contributed by atoms with Crippen LogP contribution in [0.2, 0.25) is 0 Å². The molecule has 2 saturated heterocycles. The number of nitrogens with one attached hydrogen (secondary N) is 1. The molecule has 17 heavy (non-hydrogen) atoms. The standard InChI is InChI=1S/C10H15N5O2/c11-9-13-14-10(17-9)15-4-3-7-6(5-15)1-2-8(16)12-7/h6-7H,1-5H2,(H2,11,13)(H,12,16). The third kappa shape index (κ3) is 1.92. The van der Waals surface area contributed by atoms with Crippen LogP contribution in [0.1, 0.15) is 19.3 Å². The van der Waals surface area contributed by atoms with E-state index >= 15 is 0 Å². The predicted molar refractivity (Wildman–Crippen MR) is 60.2 cm³/mol. The minimum absolute atomic E-state index is 0.0964. The molecule has 92 valence electrons. The lowest BCUT2D eigenvalue weighted by Crippen LogP contribution is -2.54. The van der Waals surface area contributed by atoms with E-state index in [1.54, 1.807) is 0 Å². The van der Waals surface area contributed by atoms with Crippen LogP contribution in [0, 0.1) is 5.92 Å². The molecule has 2 aliphatic heterocycles. The van der Waals surface area contributed by atoms with Gasteiger partial charge >= 0.3 is 12.0 Å². The van der Waals surface area contributed by atoms with Gasteiger partial charge in [0.2, 0.25) is 5.91 Å². The topological polar surface area (TPSA) is 97.3 Å². The summed E-state index contributed by atoms with van der Waals surface area (Å²) < 4.78 is 5.22. The number of nitrogen functional groups attached to an aromatic ring is 1. The number of aromatic nitrogens is 2. The van der Waals surface area contributed by atoms with E-state index in [0.717, 1.165) is 25.9 Å². The molecule has 0 aliphatic carbocycles. The Morgan fingerprint density at radius 2 is 2.29 bits per heavy atom. The molecule has 3 rings (SSSR count). The van der Waals surface area contributed by atoms with Crippen LogP contribution >= 0.6 is 0 Å². The number of anilines is 2. The second-order valence-corrected chi connectivity index (χ2v) is 4.63. The van der Waals surface area contributed by atoms with Crippen LogP contribution < -0.4 is 16.0 Å². The van der Waals surface area contributed by atoms with Crippen LogP contribution in [0.25, 0.3) is 0 Å². The van der Waals surface area contributed by atoms with Crippen molar-refractivity contribution in [1.82, 2.24) is 15.5 Å². The molecule has 3 N–H and O–H groups in total. The lowest BCUT2D eigenvalue weighted by atomic mass is 9.85. The molecule has 7 heteroatoms. The van der Waals surface area contributed by atoms with Crippen molar-refractivity contribution in [2.24, 2.45) is 5.92 Å². The first-order valence-electron chi connectivity index (χ1n) is 5.85. The summed E-state index contributed by atoms with van der Waals surface area (Å²) in [7, 11) is 0. The highest BCUT2D eigenvalue weighted by Crippen LogP contribution is 2.28. The highest BCUT2D eigenvalue weighted by atomic mass is 16.4. The third-order valence-electron chi connectivity index (χ3n) is 3.52. The quantitative estimate of drug-likeness (QED) is 0.699. The molecule has 1 amide bonds. The first-order valence-corrected chi connectivity index (χ1v) is 5.85. The summed E-state index contributed by atoms with van der Waals surface area (Å²) >= 11 is 0. The van der Waals surface area contributed by atoms with Gasteiger partial charge < -0.3 is 20.4 Å². The van der Waals surface area contributed by atoms with Gasteiger partial charge in [-0.05, 0) is 18.8 Å². The molecule has 0 saturated carbocycles. The van der Waals surface area contributed by atoms with Crippen LogP contribution in [0.4, 0.5) is 12.0 Å². The highest BCUT2D eigenvalue weighted by Gasteiger charge is 2.35. The summed E-state index contributed by atoms with van der Waals surface area (Å²) in [5, 5.41) is 10.6. The monoisotopic (exact) mass is 237 g/mol. The molecule has 2 fully saturated rings. The maximum atomic E-state index is 11.3. The molecule has 2 unspecified atom stereocenters. The van der Waals surface area contributed by atoms with Gasteiger partial charge in [0.05, 0.1) is 0 Å². The first kappa shape index (κ1) is 10.4. The van der Waals surface area contributed by atoms with Gasteiger partial charge in [-0.15, -0.1) is 0 Å². The average Bonchev–Trinajstić information content (AvgIpc) is 2.75. The summed E-state index contributed by atoms with van der Waals surface area (Å²) in [5.41, 5.74) is 5.41. The third-order valence-corrected chi connectivity index (χ3v) is 3.52. The molecular weight excluding hydrogens is 222 g/mol. The average molecular weight is 237 g/mol. The van der Waals surface area contributed by atoms with Crippen molar-refractivity contribution >= 4 is 17.9 Å². The molecule has 2 aliphatic rings. The summed E-state index contributed by atoms with van der Waals surface area (Å²) in [6.45, 7) is 1.65. The van der Waals surface area contributed by atoms with Crippen molar-refractivity contribution in [3.63, 3.8) is 0 Å². The number of fused-ring (bicyclic) bond motifs is 1. The molecule has 7 nitrogen and oxygen atoms in total. The van der Waals surface area contributed by atoms with Gasteiger partial charge in [0.25, 0.3) is 0 Å². The molecule has 1 aromatic heterocycles. The highest BCUT2D eigenvalue weighted by molar-refractivity contribution is 5.77. The van der Waals surface area contributed by atoms with Crippen molar-refractivity contribution in [1.29, 1.82) is 0 Å². The van der Waals surface area contributed by atoms with Gasteiger partial charge in [-0.25, -0.2) is 0 Å². The summed E-state index contributed by atoms with van der Waals surface area (Å²) in [5.74, 6) is 0.635. The van der Waals surface area contributed by atoms with Crippen molar-refractivity contribution in [2.45, 2.75) is 25.3 Å². The SMILES string of the molecule is Nc1nnc(N2CCC3NC(=O)CCC3C2)o1. The first-order chi connectivity index (χ1) is 8.22. The molecule has 3 heterocycles. The van der Waals surface area contributed by atoms with Crippen LogP contribution in [0.3, 0.4) is 0 Å². The minimum Gasteiger partial charge on any atom is -0.390 e. The van der Waals surface area contributed by atoms with Gasteiger partial charge in [-0.2, -0.15) is 0 Å². The van der Waals surface area contributed by atoms with Crippen molar-refractivity contribution in [3.8, 4) is 0 Å². The largest absolute Gasteiger partial charge is 0.390 e. The van der Waals surface area contributed by atoms with Gasteiger partial charge in [-0.1, -0.05) is 10.2 Å². The molecule has 0 spiro atoms. The number of hydrogen-bond acceptors (Lipinski definition) is 6. The van der Waals surface area contributed by atoms with E-state index in [0.29, 0.717) is 24.4 Å². The Labute approximate surface area is 98.4 Å². The van der Waals surface area contributed by atoms with E-state index in [1.165, 1.54) is 0 Å². The lowest BCUT2D eigenvalue weighted by molar-refractivity contribution is -0.124. The fourth-order valence-corrected chi connectivity index (χ4v) is 2.64. The Hall–Kier alpha value is -1.79. The smallest absolute Gasteiger partial charge is 0.319 e. The maximum absolute atomic E-state index is 11.3. The van der Waals surface area contributed by atoms with Crippen molar-refractivity contribution in [2.75, 3.05) is 23.7 Å². The lowest BCUT2D eigenvalue weighted by Gasteiger charge is -2.40. The Morgan fingerprint density at radius 1 is 1.41 bits per heavy atom. The fourth-order valence-electron chi connectivity index (χ4n) is 2.64. The molecule has 1 aromatic rings. The molecule has 0 radical (unpaired) electrons. The van der Waals surface area contributed by atoms with Crippen LogP contribution in [-0.2, 0) is 4.79 Å². The Morgan fingerprint density at radius 3 is 3.06 bits per heavy atom. The number of carbonyl (C=O) groups is 1. The normalized spacial score (nSPS) is 28.7. The van der Waals surface area contributed by atoms with Gasteiger partial charge in [0.15, 0.2) is 0 Å². The zero-order chi connectivity index (χ0) is 11.8. The number of carbonyl (C=O) groups excluding carboxylic acids is 1. The van der Waals surface area contributed by atoms with Crippen LogP contribution in [0.5, 0.6) is 0 Å². The number of piperidine rings is 2. The van der Waals surface area contributed by atoms with E-state index in [9.17, 15) is 4.79 Å². The second-order valence-electron chi connectivity index (χ2n) is 4.63. The number of hydrogen-bond donors (Lipinski definition) is 2. The number of amides is 1. The zero-order valence-corrected chi connectivity index (χ0v) is 9.43. The van der Waals surface area contributed by atoms with E-state index < -0.39 is 0 Å². The number of nitrogens with zero attached hydrogens (tertiary/aromatic N) is 3. The molecule has 0 bridgehead atoms. The van der Waals surface area contributed by atoms with Gasteiger partial charge in [0, 0.05) is 25.6 Å². The van der Waals surface area contributed by atoms with E-state index in [1.807, 2.05) is 4.90 Å². The Balaban J connectivity index is 1.70. The minimum atomic E-state index is 0.0964. The zero-order valence-electron chi connectivity index (χ0n) is 9.43. The Kier molecular flexibility index (Phi) is 2.38. The van der Waals surface area contributed by atoms with E-state index in [-0.39, 0.29) is 11.9 Å². The number of nitrogens with two attached hydrogens (primary N) is 1. The predicted octanol–water partition coefficient (Wildman–Crippen LogP) is -0.243. The van der Waals surface area contributed by atoms with E-state index in [2.05, 4.69) is 15.5 Å². The van der Waals surface area contributed by atoms with Gasteiger partial charge in [0.1, 0.15) is 0 Å². The van der Waals surface area contributed by atoms with Crippen molar-refractivity contribution in [3.05, 3.63) is 0 Å². The second kappa shape index (κ2) is 3.90. The van der Waals surface area contributed by atoms with Crippen LogP contribution in [-0.4, -0.2) is 35.2 Å². The fraction of sp³-hybridized carbons (Fsp3) is 0.700. The molecule has 0 aromatic carbocycles. The number of rotatable bonds is 1. The summed E-state index contributed by atoms with van der Waals surface area (Å²) in [4.78, 5) is 13.3. The molecule has 2 atom stereocenters.